The maximum absolute atomic E-state index is 12.2. The van der Waals surface area contributed by atoms with Crippen molar-refractivity contribution in [2.45, 2.75) is 38.5 Å². The summed E-state index contributed by atoms with van der Waals surface area (Å²) in [7, 11) is 1.63. The molecule has 1 aliphatic carbocycles. The maximum Gasteiger partial charge on any atom is 0.224 e. The second-order valence-corrected chi connectivity index (χ2v) is 5.72. The number of amides is 1. The number of nitrogens with one attached hydrogen (secondary N) is 1. The minimum Gasteiger partial charge on any atom is -0.497 e. The lowest BCUT2D eigenvalue weighted by Gasteiger charge is -2.35. The van der Waals surface area contributed by atoms with Gasteiger partial charge in [0, 0.05) is 12.1 Å². The normalized spacial score (nSPS) is 16.7. The first-order chi connectivity index (χ1) is 9.67. The molecule has 1 aliphatic rings. The van der Waals surface area contributed by atoms with Crippen LogP contribution in [0.25, 0.3) is 0 Å². The molecular formula is C16H25ClN2O2. The molecule has 3 N–H and O–H groups in total. The fraction of sp³-hybridized carbons (Fsp3) is 0.562. The van der Waals surface area contributed by atoms with Gasteiger partial charge in [-0.25, -0.2) is 0 Å². The van der Waals surface area contributed by atoms with E-state index in [-0.39, 0.29) is 23.7 Å². The number of rotatable bonds is 5. The second kappa shape index (κ2) is 8.25. The number of ether oxygens (including phenoxy) is 1. The SMILES string of the molecule is COc1ccc(NC(=O)CC2(CN)CCCCC2)cc1.Cl. The van der Waals surface area contributed by atoms with Crippen LogP contribution in [0.1, 0.15) is 38.5 Å². The van der Waals surface area contributed by atoms with Crippen molar-refractivity contribution in [3.63, 3.8) is 0 Å². The van der Waals surface area contributed by atoms with Crippen LogP contribution in [-0.2, 0) is 4.79 Å². The van der Waals surface area contributed by atoms with E-state index in [2.05, 4.69) is 5.32 Å². The lowest BCUT2D eigenvalue weighted by atomic mass is 9.71. The molecular weight excluding hydrogens is 288 g/mol. The zero-order valence-corrected chi connectivity index (χ0v) is 13.4. The third-order valence-electron chi connectivity index (χ3n) is 4.26. The Bertz CT molecular complexity index is 442. The van der Waals surface area contributed by atoms with Gasteiger partial charge in [0.1, 0.15) is 5.75 Å². The summed E-state index contributed by atoms with van der Waals surface area (Å²) in [6.07, 6.45) is 6.30. The quantitative estimate of drug-likeness (QED) is 0.876. The maximum atomic E-state index is 12.2. The van der Waals surface area contributed by atoms with Crippen molar-refractivity contribution in [1.29, 1.82) is 0 Å². The minimum absolute atomic E-state index is 0. The Morgan fingerprint density at radius 1 is 1.24 bits per heavy atom. The number of hydrogen-bond donors (Lipinski definition) is 2. The number of benzene rings is 1. The molecule has 1 fully saturated rings. The number of anilines is 1. The summed E-state index contributed by atoms with van der Waals surface area (Å²) in [6.45, 7) is 0.600. The van der Waals surface area contributed by atoms with Gasteiger partial charge < -0.3 is 15.8 Å². The summed E-state index contributed by atoms with van der Waals surface area (Å²) in [5.41, 5.74) is 6.73. The third kappa shape index (κ3) is 4.90. The number of methoxy groups -OCH3 is 1. The van der Waals surface area contributed by atoms with Crippen LogP contribution < -0.4 is 15.8 Å². The molecule has 0 atom stereocenters. The Morgan fingerprint density at radius 2 is 1.86 bits per heavy atom. The summed E-state index contributed by atoms with van der Waals surface area (Å²) in [4.78, 5) is 12.2. The fourth-order valence-electron chi connectivity index (χ4n) is 2.97. The summed E-state index contributed by atoms with van der Waals surface area (Å²) in [5, 5.41) is 2.95. The van der Waals surface area contributed by atoms with Crippen LogP contribution in [0.3, 0.4) is 0 Å². The van der Waals surface area contributed by atoms with E-state index in [4.69, 9.17) is 10.5 Å². The Balaban J connectivity index is 0.00000220. The van der Waals surface area contributed by atoms with Gasteiger partial charge in [0.25, 0.3) is 0 Å². The molecule has 1 aromatic carbocycles. The zero-order chi connectivity index (χ0) is 14.4. The van der Waals surface area contributed by atoms with E-state index < -0.39 is 0 Å². The largest absolute Gasteiger partial charge is 0.497 e. The van der Waals surface area contributed by atoms with Crippen molar-refractivity contribution in [3.05, 3.63) is 24.3 Å². The molecule has 0 aliphatic heterocycles. The van der Waals surface area contributed by atoms with Gasteiger partial charge in [-0.15, -0.1) is 12.4 Å². The number of carbonyl (C=O) groups is 1. The van der Waals surface area contributed by atoms with Crippen molar-refractivity contribution in [2.75, 3.05) is 19.0 Å². The van der Waals surface area contributed by atoms with Gasteiger partial charge in [-0.1, -0.05) is 19.3 Å². The first-order valence-corrected chi connectivity index (χ1v) is 7.31. The third-order valence-corrected chi connectivity index (χ3v) is 4.26. The Labute approximate surface area is 132 Å². The topological polar surface area (TPSA) is 64.3 Å². The van der Waals surface area contributed by atoms with Gasteiger partial charge in [0.15, 0.2) is 0 Å². The molecule has 0 heterocycles. The van der Waals surface area contributed by atoms with Gasteiger partial charge in [-0.3, -0.25) is 4.79 Å². The summed E-state index contributed by atoms with van der Waals surface area (Å²) < 4.78 is 5.10. The molecule has 0 spiro atoms. The van der Waals surface area contributed by atoms with E-state index in [1.54, 1.807) is 7.11 Å². The lowest BCUT2D eigenvalue weighted by molar-refractivity contribution is -0.118. The highest BCUT2D eigenvalue weighted by Crippen LogP contribution is 2.38. The summed E-state index contributed by atoms with van der Waals surface area (Å²) >= 11 is 0. The molecule has 118 valence electrons. The molecule has 0 unspecified atom stereocenters. The van der Waals surface area contributed by atoms with Crippen molar-refractivity contribution in [3.8, 4) is 5.75 Å². The van der Waals surface area contributed by atoms with E-state index >= 15 is 0 Å². The monoisotopic (exact) mass is 312 g/mol. The molecule has 0 saturated heterocycles. The van der Waals surface area contributed by atoms with Crippen LogP contribution in [0.4, 0.5) is 5.69 Å². The number of halogens is 1. The van der Waals surface area contributed by atoms with Crippen molar-refractivity contribution in [2.24, 2.45) is 11.1 Å². The first kappa shape index (κ1) is 17.8. The molecule has 1 amide bonds. The predicted molar refractivity (Wildman–Crippen MR) is 88.1 cm³/mol. The van der Waals surface area contributed by atoms with E-state index in [1.807, 2.05) is 24.3 Å². The average Bonchev–Trinajstić information content (AvgIpc) is 2.49. The average molecular weight is 313 g/mol. The van der Waals surface area contributed by atoms with Gasteiger partial charge in [-0.05, 0) is 49.1 Å². The van der Waals surface area contributed by atoms with Crippen LogP contribution in [0, 0.1) is 5.41 Å². The molecule has 1 aromatic rings. The van der Waals surface area contributed by atoms with Crippen molar-refractivity contribution in [1.82, 2.24) is 0 Å². The fourth-order valence-corrected chi connectivity index (χ4v) is 2.97. The van der Waals surface area contributed by atoms with Crippen LogP contribution in [0.2, 0.25) is 0 Å². The highest BCUT2D eigenvalue weighted by molar-refractivity contribution is 5.91. The second-order valence-electron chi connectivity index (χ2n) is 5.72. The van der Waals surface area contributed by atoms with Gasteiger partial charge in [0.05, 0.1) is 7.11 Å². The standard InChI is InChI=1S/C16H24N2O2.ClH/c1-20-14-7-5-13(6-8-14)18-15(19)11-16(12-17)9-3-2-4-10-16;/h5-8H,2-4,9-12,17H2,1H3,(H,18,19);1H. The highest BCUT2D eigenvalue weighted by atomic mass is 35.5. The van der Waals surface area contributed by atoms with Gasteiger partial charge >= 0.3 is 0 Å². The molecule has 2 rings (SSSR count). The molecule has 0 aromatic heterocycles. The summed E-state index contributed by atoms with van der Waals surface area (Å²) in [6, 6.07) is 7.39. The molecule has 4 nitrogen and oxygen atoms in total. The van der Waals surface area contributed by atoms with E-state index in [1.165, 1.54) is 19.3 Å². The zero-order valence-electron chi connectivity index (χ0n) is 12.6. The molecule has 5 heteroatoms. The number of nitrogens with two attached hydrogens (primary N) is 1. The molecule has 0 radical (unpaired) electrons. The Morgan fingerprint density at radius 3 is 2.38 bits per heavy atom. The van der Waals surface area contributed by atoms with Crippen LogP contribution in [-0.4, -0.2) is 19.6 Å². The predicted octanol–water partition coefficient (Wildman–Crippen LogP) is 3.35. The minimum atomic E-state index is 0. The van der Waals surface area contributed by atoms with Crippen LogP contribution >= 0.6 is 12.4 Å². The highest BCUT2D eigenvalue weighted by Gasteiger charge is 2.32. The summed E-state index contributed by atoms with van der Waals surface area (Å²) in [5.74, 6) is 0.844. The van der Waals surface area contributed by atoms with Crippen LogP contribution in [0.5, 0.6) is 5.75 Å². The lowest BCUT2D eigenvalue weighted by Crippen LogP contribution is -2.36. The first-order valence-electron chi connectivity index (χ1n) is 7.31. The van der Waals surface area contributed by atoms with Gasteiger partial charge in [-0.2, -0.15) is 0 Å². The number of hydrogen-bond acceptors (Lipinski definition) is 3. The van der Waals surface area contributed by atoms with E-state index in [9.17, 15) is 4.79 Å². The molecule has 21 heavy (non-hydrogen) atoms. The molecule has 0 bridgehead atoms. The van der Waals surface area contributed by atoms with Crippen LogP contribution in [0.15, 0.2) is 24.3 Å². The van der Waals surface area contributed by atoms with E-state index in [0.717, 1.165) is 24.3 Å². The van der Waals surface area contributed by atoms with Crippen molar-refractivity contribution < 1.29 is 9.53 Å². The smallest absolute Gasteiger partial charge is 0.224 e. The molecule has 1 saturated carbocycles. The van der Waals surface area contributed by atoms with Crippen molar-refractivity contribution >= 4 is 24.0 Å². The Hall–Kier alpha value is -1.26. The Kier molecular flexibility index (Phi) is 6.99. The van der Waals surface area contributed by atoms with E-state index in [0.29, 0.717) is 13.0 Å². The van der Waals surface area contributed by atoms with Gasteiger partial charge in [0.2, 0.25) is 5.91 Å². The number of carbonyl (C=O) groups excluding carboxylic acids is 1.